The Kier molecular flexibility index (Phi) is 6.43. The van der Waals surface area contributed by atoms with Crippen LogP contribution in [0.1, 0.15) is 6.92 Å². The first-order chi connectivity index (χ1) is 4.70. The fourth-order valence-corrected chi connectivity index (χ4v) is 1.81. The molecule has 0 fully saturated rings. The predicted molar refractivity (Wildman–Crippen MR) is 47.7 cm³/mol. The molecule has 0 aliphatic carbocycles. The quantitative estimate of drug-likeness (QED) is 0.578. The fraction of sp³-hybridized carbons (Fsp3) is 0.833. The molecule has 0 rings (SSSR count). The minimum Gasteiger partial charge on any atom is -0.466 e. The summed E-state index contributed by atoms with van der Waals surface area (Å²) in [5, 5.41) is 1.71. The lowest BCUT2D eigenvalue weighted by atomic mass is 10.2. The summed E-state index contributed by atoms with van der Waals surface area (Å²) < 4.78 is 4.79. The summed E-state index contributed by atoms with van der Waals surface area (Å²) in [5.74, 6) is 0.163. The van der Waals surface area contributed by atoms with Gasteiger partial charge in [-0.2, -0.15) is 0 Å². The van der Waals surface area contributed by atoms with E-state index in [9.17, 15) is 4.79 Å². The highest BCUT2D eigenvalue weighted by Crippen LogP contribution is 2.05. The van der Waals surface area contributed by atoms with Gasteiger partial charge in [0.2, 0.25) is 0 Å². The number of rotatable bonds is 4. The first kappa shape index (κ1) is 10.4. The van der Waals surface area contributed by atoms with E-state index in [1.807, 2.05) is 0 Å². The lowest BCUT2D eigenvalue weighted by molar-refractivity contribution is -0.141. The molecule has 0 bridgehead atoms. The van der Waals surface area contributed by atoms with Gasteiger partial charge in [0.05, 0.1) is 6.61 Å². The molecule has 0 saturated heterocycles. The maximum absolute atomic E-state index is 10.3. The zero-order valence-electron chi connectivity index (χ0n) is 5.77. The van der Waals surface area contributed by atoms with Crippen molar-refractivity contribution in [1.29, 1.82) is 0 Å². The normalized spacial score (nSPS) is 10.0. The second-order valence-corrected chi connectivity index (χ2v) is 3.27. The van der Waals surface area contributed by atoms with Gasteiger partial charge in [0.15, 0.2) is 0 Å². The van der Waals surface area contributed by atoms with Crippen molar-refractivity contribution in [2.45, 2.75) is 6.92 Å². The van der Waals surface area contributed by atoms with Crippen molar-refractivity contribution in [2.24, 2.45) is 5.92 Å². The third kappa shape index (κ3) is 5.23. The molecule has 0 aliphatic heterocycles. The molecule has 0 saturated carbocycles. The summed E-state index contributed by atoms with van der Waals surface area (Å²) >= 11 is 6.61. The topological polar surface area (TPSA) is 26.3 Å². The van der Waals surface area contributed by atoms with Crippen LogP contribution in [0.15, 0.2) is 0 Å². The van der Waals surface area contributed by atoms with Crippen molar-refractivity contribution < 1.29 is 9.53 Å². The molecule has 0 aliphatic rings. The molecule has 2 nitrogen and oxygen atoms in total. The van der Waals surface area contributed by atoms with Crippen LogP contribution in [-0.2, 0) is 9.53 Å². The van der Waals surface area contributed by atoms with Crippen LogP contribution in [0, 0.1) is 5.92 Å². The third-order valence-electron chi connectivity index (χ3n) is 0.959. The van der Waals surface area contributed by atoms with Crippen molar-refractivity contribution in [2.75, 3.05) is 17.3 Å². The fourth-order valence-electron chi connectivity index (χ4n) is 0.366. The van der Waals surface area contributed by atoms with Gasteiger partial charge in [-0.25, -0.2) is 0 Å². The molecule has 4 heteroatoms. The van der Waals surface area contributed by atoms with E-state index in [0.717, 1.165) is 10.7 Å². The van der Waals surface area contributed by atoms with E-state index in [1.165, 1.54) is 6.92 Å². The maximum Gasteiger partial charge on any atom is 0.302 e. The number of hydrogen-bond donors (Lipinski definition) is 0. The highest BCUT2D eigenvalue weighted by atomic mass is 79.9. The van der Waals surface area contributed by atoms with E-state index < -0.39 is 0 Å². The lowest BCUT2D eigenvalue weighted by Crippen LogP contribution is -2.14. The van der Waals surface area contributed by atoms with Crippen LogP contribution in [0.25, 0.3) is 0 Å². The monoisotopic (exact) mass is 272 g/mol. The van der Waals surface area contributed by atoms with E-state index in [0.29, 0.717) is 12.5 Å². The number of carbonyl (C=O) groups is 1. The van der Waals surface area contributed by atoms with E-state index in [1.54, 1.807) is 0 Å². The molecule has 0 atom stereocenters. The molecule has 0 radical (unpaired) electrons. The minimum atomic E-state index is -0.216. The molecular formula is C6H10Br2O2. The highest BCUT2D eigenvalue weighted by molar-refractivity contribution is 9.09. The van der Waals surface area contributed by atoms with Crippen molar-refractivity contribution in [3.63, 3.8) is 0 Å². The smallest absolute Gasteiger partial charge is 0.302 e. The molecule has 10 heavy (non-hydrogen) atoms. The van der Waals surface area contributed by atoms with Gasteiger partial charge in [-0.1, -0.05) is 31.9 Å². The second kappa shape index (κ2) is 6.16. The van der Waals surface area contributed by atoms with E-state index >= 15 is 0 Å². The summed E-state index contributed by atoms with van der Waals surface area (Å²) in [7, 11) is 0. The summed E-state index contributed by atoms with van der Waals surface area (Å²) in [4.78, 5) is 10.3. The zero-order valence-corrected chi connectivity index (χ0v) is 8.94. The van der Waals surface area contributed by atoms with E-state index in [4.69, 9.17) is 4.74 Å². The molecule has 0 aromatic rings. The van der Waals surface area contributed by atoms with Gasteiger partial charge in [-0.3, -0.25) is 4.79 Å². The van der Waals surface area contributed by atoms with Gasteiger partial charge in [0.1, 0.15) is 0 Å². The Morgan fingerprint density at radius 3 is 2.30 bits per heavy atom. The second-order valence-electron chi connectivity index (χ2n) is 1.98. The van der Waals surface area contributed by atoms with Gasteiger partial charge in [0, 0.05) is 23.5 Å². The number of carbonyl (C=O) groups excluding carboxylic acids is 1. The van der Waals surface area contributed by atoms with Crippen molar-refractivity contribution in [3.05, 3.63) is 0 Å². The van der Waals surface area contributed by atoms with Gasteiger partial charge in [-0.05, 0) is 0 Å². The minimum absolute atomic E-state index is 0.216. The van der Waals surface area contributed by atoms with Gasteiger partial charge in [0.25, 0.3) is 0 Å². The Balaban J connectivity index is 3.34. The van der Waals surface area contributed by atoms with Crippen LogP contribution in [0.4, 0.5) is 0 Å². The molecule has 0 heterocycles. The van der Waals surface area contributed by atoms with Crippen LogP contribution in [-0.4, -0.2) is 23.2 Å². The van der Waals surface area contributed by atoms with Crippen LogP contribution >= 0.6 is 31.9 Å². The lowest BCUT2D eigenvalue weighted by Gasteiger charge is -2.08. The number of halogens is 2. The van der Waals surface area contributed by atoms with Crippen molar-refractivity contribution >= 4 is 37.8 Å². The van der Waals surface area contributed by atoms with Gasteiger partial charge >= 0.3 is 5.97 Å². The molecule has 60 valence electrons. The molecule has 0 aromatic carbocycles. The molecular weight excluding hydrogens is 264 g/mol. The Hall–Kier alpha value is 0.430. The summed E-state index contributed by atoms with van der Waals surface area (Å²) in [6, 6.07) is 0. The average Bonchev–Trinajstić information content (AvgIpc) is 1.90. The Labute approximate surface area is 77.6 Å². The zero-order chi connectivity index (χ0) is 7.98. The summed E-state index contributed by atoms with van der Waals surface area (Å²) in [6.07, 6.45) is 0. The molecule has 0 N–H and O–H groups in total. The standard InChI is InChI=1S/C6H10Br2O2/c1-5(9)10-4-6(2-7)3-8/h6H,2-4H2,1H3. The summed E-state index contributed by atoms with van der Waals surface area (Å²) in [6.45, 7) is 1.91. The third-order valence-corrected chi connectivity index (χ3v) is 2.79. The van der Waals surface area contributed by atoms with E-state index in [-0.39, 0.29) is 5.97 Å². The molecule has 0 amide bonds. The van der Waals surface area contributed by atoms with Crippen LogP contribution in [0.5, 0.6) is 0 Å². The molecule has 0 spiro atoms. The number of hydrogen-bond acceptors (Lipinski definition) is 2. The number of ether oxygens (including phenoxy) is 1. The van der Waals surface area contributed by atoms with Crippen molar-refractivity contribution in [3.8, 4) is 0 Å². The molecule has 0 unspecified atom stereocenters. The summed E-state index contributed by atoms with van der Waals surface area (Å²) in [5.41, 5.74) is 0. The van der Waals surface area contributed by atoms with Crippen LogP contribution in [0.3, 0.4) is 0 Å². The first-order valence-electron chi connectivity index (χ1n) is 2.96. The van der Waals surface area contributed by atoms with E-state index in [2.05, 4.69) is 31.9 Å². The highest BCUT2D eigenvalue weighted by Gasteiger charge is 2.05. The average molecular weight is 274 g/mol. The Morgan fingerprint density at radius 2 is 2.00 bits per heavy atom. The number of alkyl halides is 2. The number of esters is 1. The molecule has 0 aromatic heterocycles. The SMILES string of the molecule is CC(=O)OCC(CBr)CBr. The van der Waals surface area contributed by atoms with Gasteiger partial charge < -0.3 is 4.74 Å². The van der Waals surface area contributed by atoms with Crippen LogP contribution < -0.4 is 0 Å². The predicted octanol–water partition coefficient (Wildman–Crippen LogP) is 1.96. The van der Waals surface area contributed by atoms with Crippen molar-refractivity contribution in [1.82, 2.24) is 0 Å². The van der Waals surface area contributed by atoms with Gasteiger partial charge in [-0.15, -0.1) is 0 Å². The first-order valence-corrected chi connectivity index (χ1v) is 5.20. The largest absolute Gasteiger partial charge is 0.466 e. The Bertz CT molecular complexity index is 102. The van der Waals surface area contributed by atoms with Crippen LogP contribution in [0.2, 0.25) is 0 Å². The Morgan fingerprint density at radius 1 is 1.50 bits per heavy atom. The maximum atomic E-state index is 10.3.